The summed E-state index contributed by atoms with van der Waals surface area (Å²) in [6.07, 6.45) is 1.93. The highest BCUT2D eigenvalue weighted by Gasteiger charge is 2.24. The number of carbonyl (C=O) groups is 1. The minimum absolute atomic E-state index is 0. The van der Waals surface area contributed by atoms with Gasteiger partial charge in [-0.25, -0.2) is 4.52 Å². The molecule has 126 valence electrons. The quantitative estimate of drug-likeness (QED) is 0.852. The highest BCUT2D eigenvalue weighted by Crippen LogP contribution is 2.26. The number of fused-ring (bicyclic) bond motifs is 1. The predicted molar refractivity (Wildman–Crippen MR) is 90.7 cm³/mol. The minimum Gasteiger partial charge on any atom is -0.345 e. The highest BCUT2D eigenvalue weighted by molar-refractivity contribution is 6.00. The SMILES string of the molecule is Cc1nn2c(C3CCNCC3)cc(=O)[nH]c2c1C(=O)N(C)C.Cl. The number of rotatable bonds is 2. The van der Waals surface area contributed by atoms with E-state index in [1.54, 1.807) is 31.6 Å². The molecule has 2 aromatic heterocycles. The summed E-state index contributed by atoms with van der Waals surface area (Å²) in [7, 11) is 3.39. The van der Waals surface area contributed by atoms with Crippen molar-refractivity contribution in [2.75, 3.05) is 27.2 Å². The Morgan fingerprint density at radius 3 is 2.61 bits per heavy atom. The summed E-state index contributed by atoms with van der Waals surface area (Å²) in [5.74, 6) is 0.137. The van der Waals surface area contributed by atoms with E-state index in [-0.39, 0.29) is 29.8 Å². The first-order valence-electron chi connectivity index (χ1n) is 7.54. The van der Waals surface area contributed by atoms with E-state index in [0.717, 1.165) is 31.6 Å². The molecule has 0 bridgehead atoms. The van der Waals surface area contributed by atoms with Crippen molar-refractivity contribution in [2.24, 2.45) is 0 Å². The van der Waals surface area contributed by atoms with Gasteiger partial charge >= 0.3 is 0 Å². The molecule has 0 radical (unpaired) electrons. The van der Waals surface area contributed by atoms with Crippen molar-refractivity contribution in [1.82, 2.24) is 24.8 Å². The van der Waals surface area contributed by atoms with Gasteiger partial charge in [0, 0.05) is 26.1 Å². The zero-order valence-electron chi connectivity index (χ0n) is 13.5. The van der Waals surface area contributed by atoms with Gasteiger partial charge in [-0.2, -0.15) is 5.10 Å². The molecule has 1 fully saturated rings. The van der Waals surface area contributed by atoms with Crippen LogP contribution in [0.15, 0.2) is 10.9 Å². The second-order valence-corrected chi connectivity index (χ2v) is 6.00. The average Bonchev–Trinajstić information content (AvgIpc) is 2.82. The van der Waals surface area contributed by atoms with E-state index in [4.69, 9.17) is 0 Å². The molecule has 1 saturated heterocycles. The van der Waals surface area contributed by atoms with Gasteiger partial charge < -0.3 is 15.2 Å². The molecule has 7 nitrogen and oxygen atoms in total. The first-order valence-corrected chi connectivity index (χ1v) is 7.54. The van der Waals surface area contributed by atoms with Crippen LogP contribution in [0.4, 0.5) is 0 Å². The number of carbonyl (C=O) groups excluding carboxylic acids is 1. The normalized spacial score (nSPS) is 15.4. The highest BCUT2D eigenvalue weighted by atomic mass is 35.5. The van der Waals surface area contributed by atoms with E-state index in [1.165, 1.54) is 4.90 Å². The summed E-state index contributed by atoms with van der Waals surface area (Å²) in [5, 5.41) is 7.83. The molecule has 0 aliphatic carbocycles. The minimum atomic E-state index is -0.186. The number of nitrogens with one attached hydrogen (secondary N) is 2. The largest absolute Gasteiger partial charge is 0.345 e. The van der Waals surface area contributed by atoms with Crippen LogP contribution in [0.25, 0.3) is 5.65 Å². The molecule has 1 amide bonds. The van der Waals surface area contributed by atoms with Gasteiger partial charge in [-0.15, -0.1) is 12.4 Å². The number of aromatic nitrogens is 3. The molecule has 1 aliphatic heterocycles. The topological polar surface area (TPSA) is 82.5 Å². The lowest BCUT2D eigenvalue weighted by atomic mass is 9.94. The molecule has 8 heteroatoms. The molecule has 2 aromatic rings. The van der Waals surface area contributed by atoms with Crippen molar-refractivity contribution in [3.63, 3.8) is 0 Å². The molecular weight excluding hydrogens is 318 g/mol. The molecule has 3 heterocycles. The van der Waals surface area contributed by atoms with E-state index in [2.05, 4.69) is 15.4 Å². The molecule has 23 heavy (non-hydrogen) atoms. The number of halogens is 1. The summed E-state index contributed by atoms with van der Waals surface area (Å²) >= 11 is 0. The van der Waals surface area contributed by atoms with Gasteiger partial charge in [0.25, 0.3) is 11.5 Å². The third-order valence-corrected chi connectivity index (χ3v) is 4.20. The summed E-state index contributed by atoms with van der Waals surface area (Å²) in [5.41, 5.74) is 2.31. The fourth-order valence-corrected chi connectivity index (χ4v) is 3.07. The van der Waals surface area contributed by atoms with Crippen LogP contribution in [-0.4, -0.2) is 52.6 Å². The number of aromatic amines is 1. The van der Waals surface area contributed by atoms with Crippen molar-refractivity contribution in [2.45, 2.75) is 25.7 Å². The predicted octanol–water partition coefficient (Wildman–Crippen LogP) is 0.922. The molecule has 0 aromatic carbocycles. The van der Waals surface area contributed by atoms with Crippen LogP contribution in [-0.2, 0) is 0 Å². The fraction of sp³-hybridized carbons (Fsp3) is 0.533. The molecule has 1 aliphatic rings. The van der Waals surface area contributed by atoms with E-state index < -0.39 is 0 Å². The number of amides is 1. The Bertz CT molecular complexity index is 774. The maximum atomic E-state index is 12.4. The van der Waals surface area contributed by atoms with Crippen LogP contribution in [0.1, 0.15) is 40.5 Å². The monoisotopic (exact) mass is 339 g/mol. The molecule has 0 saturated carbocycles. The van der Waals surface area contributed by atoms with Crippen molar-refractivity contribution in [3.8, 4) is 0 Å². The molecule has 0 atom stereocenters. The lowest BCUT2D eigenvalue weighted by Crippen LogP contribution is -2.29. The van der Waals surface area contributed by atoms with Crippen LogP contribution < -0.4 is 10.9 Å². The van der Waals surface area contributed by atoms with E-state index in [9.17, 15) is 9.59 Å². The molecule has 0 unspecified atom stereocenters. The van der Waals surface area contributed by atoms with Crippen molar-refractivity contribution >= 4 is 24.0 Å². The summed E-state index contributed by atoms with van der Waals surface area (Å²) in [6, 6.07) is 1.61. The summed E-state index contributed by atoms with van der Waals surface area (Å²) in [6.45, 7) is 3.67. The van der Waals surface area contributed by atoms with Crippen molar-refractivity contribution in [1.29, 1.82) is 0 Å². The first kappa shape index (κ1) is 17.5. The maximum absolute atomic E-state index is 12.4. The Balaban J connectivity index is 0.00000192. The van der Waals surface area contributed by atoms with Crippen molar-refractivity contribution in [3.05, 3.63) is 33.4 Å². The zero-order valence-corrected chi connectivity index (χ0v) is 14.4. The van der Waals surface area contributed by atoms with Crippen LogP contribution in [0.3, 0.4) is 0 Å². The standard InChI is InChI=1S/C15H21N5O2.ClH/c1-9-13(15(22)19(2)3)14-17-12(21)8-11(20(14)18-9)10-4-6-16-7-5-10;/h8,10,16H,4-7H2,1-3H3,(H,17,21);1H. The third kappa shape index (κ3) is 3.11. The Morgan fingerprint density at radius 2 is 2.00 bits per heavy atom. The van der Waals surface area contributed by atoms with Gasteiger partial charge in [-0.1, -0.05) is 0 Å². The van der Waals surface area contributed by atoms with Crippen LogP contribution in [0.2, 0.25) is 0 Å². The zero-order chi connectivity index (χ0) is 15.9. The Labute approximate surface area is 140 Å². The molecule has 2 N–H and O–H groups in total. The number of piperidine rings is 1. The lowest BCUT2D eigenvalue weighted by molar-refractivity contribution is 0.0828. The van der Waals surface area contributed by atoms with Gasteiger partial charge in [0.2, 0.25) is 0 Å². The Hall–Kier alpha value is -1.86. The van der Waals surface area contributed by atoms with Gasteiger partial charge in [-0.3, -0.25) is 9.59 Å². The van der Waals surface area contributed by atoms with Gasteiger partial charge in [0.05, 0.1) is 11.4 Å². The summed E-state index contributed by atoms with van der Waals surface area (Å²) < 4.78 is 1.74. The summed E-state index contributed by atoms with van der Waals surface area (Å²) in [4.78, 5) is 28.7. The van der Waals surface area contributed by atoms with Gasteiger partial charge in [0.1, 0.15) is 11.2 Å². The third-order valence-electron chi connectivity index (χ3n) is 4.20. The molecule has 3 rings (SSSR count). The number of aryl methyl sites for hydroxylation is 1. The fourth-order valence-electron chi connectivity index (χ4n) is 3.07. The molecule has 0 spiro atoms. The van der Waals surface area contributed by atoms with Gasteiger partial charge in [0.15, 0.2) is 0 Å². The first-order chi connectivity index (χ1) is 10.5. The lowest BCUT2D eigenvalue weighted by Gasteiger charge is -2.23. The van der Waals surface area contributed by atoms with Crippen molar-refractivity contribution < 1.29 is 4.79 Å². The average molecular weight is 340 g/mol. The Morgan fingerprint density at radius 1 is 1.35 bits per heavy atom. The Kier molecular flexibility index (Phi) is 5.11. The molecular formula is C15H22ClN5O2. The number of hydrogen-bond donors (Lipinski definition) is 2. The number of hydrogen-bond acceptors (Lipinski definition) is 4. The maximum Gasteiger partial charge on any atom is 0.259 e. The number of nitrogens with zero attached hydrogens (tertiary/aromatic N) is 3. The van der Waals surface area contributed by atoms with E-state index >= 15 is 0 Å². The second-order valence-electron chi connectivity index (χ2n) is 6.00. The second kappa shape index (κ2) is 6.72. The van der Waals surface area contributed by atoms with Gasteiger partial charge in [-0.05, 0) is 32.9 Å². The van der Waals surface area contributed by atoms with Crippen LogP contribution in [0, 0.1) is 6.92 Å². The van der Waals surface area contributed by atoms with Crippen LogP contribution >= 0.6 is 12.4 Å². The van der Waals surface area contributed by atoms with E-state index in [1.807, 2.05) is 0 Å². The number of H-pyrrole nitrogens is 1. The van der Waals surface area contributed by atoms with E-state index in [0.29, 0.717) is 16.9 Å². The smallest absolute Gasteiger partial charge is 0.259 e. The van der Waals surface area contributed by atoms with Crippen LogP contribution in [0.5, 0.6) is 0 Å².